The first-order valence-corrected chi connectivity index (χ1v) is 6.63. The average molecular weight is 242 g/mol. The molecular formula is C10H10OS3. The topological polar surface area (TPSA) is 9.23 Å². The summed E-state index contributed by atoms with van der Waals surface area (Å²) >= 11 is 7.87. The van der Waals surface area contributed by atoms with Crippen molar-refractivity contribution in [3.63, 3.8) is 0 Å². The summed E-state index contributed by atoms with van der Waals surface area (Å²) in [5.41, 5.74) is 0. The highest BCUT2D eigenvalue weighted by atomic mass is 32.2. The van der Waals surface area contributed by atoms with Crippen molar-refractivity contribution >= 4 is 45.8 Å². The van der Waals surface area contributed by atoms with Crippen LogP contribution in [0.2, 0.25) is 0 Å². The fourth-order valence-electron chi connectivity index (χ4n) is 1.37. The Morgan fingerprint density at radius 2 is 2.21 bits per heavy atom. The Morgan fingerprint density at radius 1 is 1.43 bits per heavy atom. The number of fused-ring (bicyclic) bond motifs is 1. The van der Waals surface area contributed by atoms with Gasteiger partial charge in [-0.2, -0.15) is 0 Å². The minimum absolute atomic E-state index is 0.914. The maximum atomic E-state index is 5.24. The second-order valence-corrected chi connectivity index (χ2v) is 5.06. The van der Waals surface area contributed by atoms with Gasteiger partial charge in [0.1, 0.15) is 5.75 Å². The molecule has 0 fully saturated rings. The molecule has 4 heteroatoms. The van der Waals surface area contributed by atoms with Crippen LogP contribution < -0.4 is 4.74 Å². The lowest BCUT2D eigenvalue weighted by Gasteiger charge is -2.04. The summed E-state index contributed by atoms with van der Waals surface area (Å²) < 4.78 is 6.48. The van der Waals surface area contributed by atoms with Gasteiger partial charge >= 0.3 is 0 Å². The van der Waals surface area contributed by atoms with E-state index in [9.17, 15) is 0 Å². The number of rotatable bonds is 2. The Morgan fingerprint density at radius 3 is 2.86 bits per heavy atom. The van der Waals surface area contributed by atoms with Crippen molar-refractivity contribution in [2.45, 2.75) is 9.79 Å². The first-order chi connectivity index (χ1) is 6.76. The summed E-state index contributed by atoms with van der Waals surface area (Å²) in [4.78, 5) is 2.28. The monoisotopic (exact) mass is 242 g/mol. The molecule has 0 saturated heterocycles. The van der Waals surface area contributed by atoms with Gasteiger partial charge in [0.25, 0.3) is 0 Å². The maximum Gasteiger partial charge on any atom is 0.121 e. The molecule has 0 amide bonds. The Bertz CT molecular complexity index is 462. The van der Waals surface area contributed by atoms with Gasteiger partial charge in [0.2, 0.25) is 0 Å². The van der Waals surface area contributed by atoms with Gasteiger partial charge in [-0.3, -0.25) is 0 Å². The number of thiol groups is 1. The lowest BCUT2D eigenvalue weighted by Crippen LogP contribution is -1.83. The Labute approximate surface area is 96.9 Å². The molecule has 74 valence electrons. The zero-order valence-electron chi connectivity index (χ0n) is 7.90. The molecule has 1 aromatic carbocycles. The summed E-state index contributed by atoms with van der Waals surface area (Å²) in [6, 6.07) is 4.11. The number of ether oxygens (including phenoxy) is 1. The van der Waals surface area contributed by atoms with Gasteiger partial charge in [0.15, 0.2) is 0 Å². The van der Waals surface area contributed by atoms with E-state index in [1.54, 1.807) is 30.2 Å². The molecule has 0 atom stereocenters. The zero-order chi connectivity index (χ0) is 10.1. The first-order valence-electron chi connectivity index (χ1n) is 4.08. The van der Waals surface area contributed by atoms with Gasteiger partial charge < -0.3 is 4.74 Å². The van der Waals surface area contributed by atoms with E-state index in [0.29, 0.717) is 0 Å². The number of thiophene rings is 1. The van der Waals surface area contributed by atoms with Crippen LogP contribution in [-0.4, -0.2) is 13.4 Å². The molecule has 0 aliphatic carbocycles. The highest BCUT2D eigenvalue weighted by molar-refractivity contribution is 7.98. The van der Waals surface area contributed by atoms with Crippen molar-refractivity contribution in [1.29, 1.82) is 0 Å². The molecule has 0 spiro atoms. The third kappa shape index (κ3) is 1.62. The van der Waals surface area contributed by atoms with E-state index in [4.69, 9.17) is 4.74 Å². The molecular weight excluding hydrogens is 232 g/mol. The van der Waals surface area contributed by atoms with E-state index < -0.39 is 0 Å². The molecule has 2 aromatic rings. The summed E-state index contributed by atoms with van der Waals surface area (Å²) in [5.74, 6) is 0.914. The molecule has 0 aliphatic rings. The maximum absolute atomic E-state index is 5.24. The normalized spacial score (nSPS) is 10.8. The Kier molecular flexibility index (Phi) is 2.95. The van der Waals surface area contributed by atoms with E-state index in [2.05, 4.69) is 36.4 Å². The zero-order valence-corrected chi connectivity index (χ0v) is 10.4. The van der Waals surface area contributed by atoms with Crippen molar-refractivity contribution in [3.05, 3.63) is 17.5 Å². The first kappa shape index (κ1) is 10.2. The van der Waals surface area contributed by atoms with Crippen LogP contribution in [0.5, 0.6) is 5.75 Å². The minimum atomic E-state index is 0.914. The van der Waals surface area contributed by atoms with Crippen LogP contribution in [0.3, 0.4) is 0 Å². The van der Waals surface area contributed by atoms with Crippen LogP contribution in [0.15, 0.2) is 27.3 Å². The quantitative estimate of drug-likeness (QED) is 0.631. The summed E-state index contributed by atoms with van der Waals surface area (Å²) in [6.45, 7) is 0. The van der Waals surface area contributed by atoms with Crippen molar-refractivity contribution in [2.75, 3.05) is 13.4 Å². The highest BCUT2D eigenvalue weighted by Gasteiger charge is 2.08. The molecule has 14 heavy (non-hydrogen) atoms. The Balaban J connectivity index is 2.76. The summed E-state index contributed by atoms with van der Waals surface area (Å²) in [7, 11) is 1.69. The van der Waals surface area contributed by atoms with Crippen molar-refractivity contribution < 1.29 is 4.74 Å². The van der Waals surface area contributed by atoms with Gasteiger partial charge in [0, 0.05) is 25.3 Å². The summed E-state index contributed by atoms with van der Waals surface area (Å²) in [5, 5.41) is 3.30. The lowest BCUT2D eigenvalue weighted by molar-refractivity contribution is 0.414. The predicted octanol–water partition coefficient (Wildman–Crippen LogP) is 3.92. The average Bonchev–Trinajstić information content (AvgIpc) is 2.59. The predicted molar refractivity (Wildman–Crippen MR) is 67.4 cm³/mol. The second-order valence-electron chi connectivity index (χ2n) is 2.82. The number of hydrogen-bond donors (Lipinski definition) is 1. The van der Waals surface area contributed by atoms with Crippen LogP contribution >= 0.6 is 35.7 Å². The van der Waals surface area contributed by atoms with Gasteiger partial charge in [-0.1, -0.05) is 0 Å². The molecule has 2 rings (SSSR count). The molecule has 0 unspecified atom stereocenters. The molecule has 1 heterocycles. The summed E-state index contributed by atoms with van der Waals surface area (Å²) in [6.07, 6.45) is 2.07. The van der Waals surface area contributed by atoms with E-state index in [1.807, 2.05) is 0 Å². The Hall–Kier alpha value is -0.320. The van der Waals surface area contributed by atoms with Crippen LogP contribution in [0.1, 0.15) is 0 Å². The number of methoxy groups -OCH3 is 1. The van der Waals surface area contributed by atoms with E-state index >= 15 is 0 Å². The van der Waals surface area contributed by atoms with E-state index in [1.165, 1.54) is 15.0 Å². The molecule has 0 radical (unpaired) electrons. The fourth-order valence-corrected chi connectivity index (χ4v) is 3.52. The second kappa shape index (κ2) is 4.04. The van der Waals surface area contributed by atoms with Gasteiger partial charge in [-0.15, -0.1) is 35.7 Å². The molecule has 1 aromatic heterocycles. The van der Waals surface area contributed by atoms with Crippen molar-refractivity contribution in [1.82, 2.24) is 0 Å². The van der Waals surface area contributed by atoms with Crippen LogP contribution in [0.25, 0.3) is 10.1 Å². The third-order valence-electron chi connectivity index (χ3n) is 2.05. The van der Waals surface area contributed by atoms with Crippen molar-refractivity contribution in [2.24, 2.45) is 0 Å². The van der Waals surface area contributed by atoms with E-state index in [-0.39, 0.29) is 0 Å². The number of benzene rings is 1. The van der Waals surface area contributed by atoms with Gasteiger partial charge in [0.05, 0.1) is 7.11 Å². The minimum Gasteiger partial charge on any atom is -0.497 e. The van der Waals surface area contributed by atoms with Crippen molar-refractivity contribution in [3.8, 4) is 5.75 Å². The van der Waals surface area contributed by atoms with Gasteiger partial charge in [-0.25, -0.2) is 0 Å². The van der Waals surface area contributed by atoms with E-state index in [0.717, 1.165) is 10.6 Å². The van der Waals surface area contributed by atoms with Crippen LogP contribution in [0, 0.1) is 0 Å². The molecule has 0 N–H and O–H groups in total. The largest absolute Gasteiger partial charge is 0.497 e. The number of hydrogen-bond acceptors (Lipinski definition) is 4. The number of thioether (sulfide) groups is 1. The highest BCUT2D eigenvalue weighted by Crippen LogP contribution is 2.38. The SMILES string of the molecule is COc1cc(SC)c2c(S)csc2c1. The molecule has 1 nitrogen and oxygen atoms in total. The smallest absolute Gasteiger partial charge is 0.121 e. The molecule has 0 saturated carbocycles. The van der Waals surface area contributed by atoms with Crippen LogP contribution in [0.4, 0.5) is 0 Å². The fraction of sp³-hybridized carbons (Fsp3) is 0.200. The third-order valence-corrected chi connectivity index (χ3v) is 4.27. The lowest BCUT2D eigenvalue weighted by atomic mass is 10.2. The van der Waals surface area contributed by atoms with Crippen LogP contribution in [-0.2, 0) is 0 Å². The van der Waals surface area contributed by atoms with Gasteiger partial charge in [-0.05, 0) is 18.4 Å². The molecule has 0 aliphatic heterocycles. The standard InChI is InChI=1S/C10H10OS3/c1-11-6-3-8(13-2)10-7(12)5-14-9(10)4-6/h3-5,12H,1-2H3. The molecule has 0 bridgehead atoms.